The van der Waals surface area contributed by atoms with Crippen LogP contribution in [-0.4, -0.2) is 10.2 Å². The van der Waals surface area contributed by atoms with E-state index in [4.69, 9.17) is 10.2 Å². The summed E-state index contributed by atoms with van der Waals surface area (Å²) in [6.07, 6.45) is 0.796. The van der Waals surface area contributed by atoms with Gasteiger partial charge in [-0.1, -0.05) is 0 Å². The van der Waals surface area contributed by atoms with E-state index in [2.05, 4.69) is 4.42 Å². The molecule has 0 aliphatic carbocycles. The van der Waals surface area contributed by atoms with Crippen LogP contribution >= 0.6 is 0 Å². The maximum Gasteiger partial charge on any atom is 0.288 e. The Kier molecular flexibility index (Phi) is 1.37. The van der Waals surface area contributed by atoms with Gasteiger partial charge in [0, 0.05) is 0 Å². The normalized spacial score (nSPS) is 9.70. The zero-order valence-electron chi connectivity index (χ0n) is 5.29. The van der Waals surface area contributed by atoms with E-state index in [0.717, 1.165) is 6.26 Å². The molecule has 0 bridgehead atoms. The fraction of sp³-hybridized carbons (Fsp3) is 0.167. The standard InChI is InChI=1S/C6H6O4/c1-3-5(8)4(7)2-10-6(3)9/h2,7,9H,1H3. The first-order chi connectivity index (χ1) is 4.63. The molecule has 0 aromatic carbocycles. The average molecular weight is 142 g/mol. The third-order valence-corrected chi connectivity index (χ3v) is 1.18. The Morgan fingerprint density at radius 3 is 2.60 bits per heavy atom. The lowest BCUT2D eigenvalue weighted by Gasteiger charge is -1.94. The highest BCUT2D eigenvalue weighted by Crippen LogP contribution is 2.13. The third kappa shape index (κ3) is 0.834. The monoisotopic (exact) mass is 142 g/mol. The summed E-state index contributed by atoms with van der Waals surface area (Å²) in [4.78, 5) is 10.7. The van der Waals surface area contributed by atoms with Gasteiger partial charge in [-0.3, -0.25) is 4.79 Å². The molecule has 10 heavy (non-hydrogen) atoms. The zero-order chi connectivity index (χ0) is 7.72. The second-order valence-corrected chi connectivity index (χ2v) is 1.88. The van der Waals surface area contributed by atoms with Crippen LogP contribution in [0.1, 0.15) is 5.56 Å². The molecule has 0 atom stereocenters. The molecule has 0 fully saturated rings. The van der Waals surface area contributed by atoms with E-state index in [1.165, 1.54) is 6.92 Å². The minimum absolute atomic E-state index is 0.0139. The maximum atomic E-state index is 10.7. The zero-order valence-corrected chi connectivity index (χ0v) is 5.29. The molecule has 1 aromatic rings. The van der Waals surface area contributed by atoms with Gasteiger partial charge in [0.2, 0.25) is 5.43 Å². The minimum Gasteiger partial charge on any atom is -0.502 e. The van der Waals surface area contributed by atoms with Crippen LogP contribution in [0.5, 0.6) is 11.7 Å². The second kappa shape index (κ2) is 2.06. The number of hydrogen-bond donors (Lipinski definition) is 2. The highest BCUT2D eigenvalue weighted by atomic mass is 16.5. The fourth-order valence-electron chi connectivity index (χ4n) is 0.543. The van der Waals surface area contributed by atoms with Gasteiger partial charge in [-0.05, 0) is 6.92 Å². The van der Waals surface area contributed by atoms with Crippen LogP contribution in [0.2, 0.25) is 0 Å². The van der Waals surface area contributed by atoms with E-state index in [1.54, 1.807) is 0 Å². The first kappa shape index (κ1) is 6.67. The van der Waals surface area contributed by atoms with Crippen LogP contribution in [0.15, 0.2) is 15.5 Å². The molecule has 0 amide bonds. The molecule has 2 N–H and O–H groups in total. The van der Waals surface area contributed by atoms with Gasteiger partial charge in [0.05, 0.1) is 5.56 Å². The van der Waals surface area contributed by atoms with Gasteiger partial charge >= 0.3 is 0 Å². The molecule has 4 nitrogen and oxygen atoms in total. The molecule has 0 aliphatic heterocycles. The first-order valence-electron chi connectivity index (χ1n) is 2.63. The smallest absolute Gasteiger partial charge is 0.288 e. The Morgan fingerprint density at radius 1 is 1.50 bits per heavy atom. The summed E-state index contributed by atoms with van der Waals surface area (Å²) >= 11 is 0. The molecular formula is C6H6O4. The van der Waals surface area contributed by atoms with Crippen molar-refractivity contribution in [2.45, 2.75) is 6.92 Å². The fourth-order valence-corrected chi connectivity index (χ4v) is 0.543. The van der Waals surface area contributed by atoms with E-state index in [9.17, 15) is 4.79 Å². The van der Waals surface area contributed by atoms with Crippen LogP contribution < -0.4 is 5.43 Å². The Balaban J connectivity index is 3.50. The summed E-state index contributed by atoms with van der Waals surface area (Å²) in [6, 6.07) is 0. The summed E-state index contributed by atoms with van der Waals surface area (Å²) in [5.41, 5.74) is -0.594. The van der Waals surface area contributed by atoms with E-state index in [0.29, 0.717) is 0 Å². The van der Waals surface area contributed by atoms with Crippen LogP contribution in [0.25, 0.3) is 0 Å². The topological polar surface area (TPSA) is 70.7 Å². The lowest BCUT2D eigenvalue weighted by Crippen LogP contribution is -2.02. The van der Waals surface area contributed by atoms with Crippen LogP contribution in [0, 0.1) is 6.92 Å². The summed E-state index contributed by atoms with van der Waals surface area (Å²) < 4.78 is 4.38. The maximum absolute atomic E-state index is 10.7. The lowest BCUT2D eigenvalue weighted by atomic mass is 10.3. The van der Waals surface area contributed by atoms with Crippen molar-refractivity contribution in [1.82, 2.24) is 0 Å². The van der Waals surface area contributed by atoms with E-state index >= 15 is 0 Å². The molecule has 0 radical (unpaired) electrons. The van der Waals surface area contributed by atoms with Gasteiger partial charge in [-0.15, -0.1) is 0 Å². The van der Waals surface area contributed by atoms with Crippen molar-refractivity contribution in [1.29, 1.82) is 0 Å². The van der Waals surface area contributed by atoms with Gasteiger partial charge < -0.3 is 14.6 Å². The summed E-state index contributed by atoms with van der Waals surface area (Å²) in [5, 5.41) is 17.5. The SMILES string of the molecule is Cc1c(O)occ(O)c1=O. The van der Waals surface area contributed by atoms with Crippen molar-refractivity contribution in [3.05, 3.63) is 22.0 Å². The van der Waals surface area contributed by atoms with E-state index in [-0.39, 0.29) is 5.56 Å². The lowest BCUT2D eigenvalue weighted by molar-refractivity contribution is 0.305. The Morgan fingerprint density at radius 2 is 2.10 bits per heavy atom. The van der Waals surface area contributed by atoms with Crippen LogP contribution in [0.3, 0.4) is 0 Å². The Labute approximate surface area is 56.4 Å². The van der Waals surface area contributed by atoms with Gasteiger partial charge in [-0.2, -0.15) is 0 Å². The largest absolute Gasteiger partial charge is 0.502 e. The minimum atomic E-state index is -0.608. The molecule has 0 saturated carbocycles. The molecule has 0 spiro atoms. The molecular weight excluding hydrogens is 136 g/mol. The van der Waals surface area contributed by atoms with Crippen LogP contribution in [0.4, 0.5) is 0 Å². The number of aromatic hydroxyl groups is 2. The third-order valence-electron chi connectivity index (χ3n) is 1.18. The molecule has 1 heterocycles. The molecule has 0 unspecified atom stereocenters. The summed E-state index contributed by atoms with van der Waals surface area (Å²) in [5.74, 6) is -0.946. The molecule has 54 valence electrons. The molecule has 0 saturated heterocycles. The van der Waals surface area contributed by atoms with E-state index in [1.807, 2.05) is 0 Å². The van der Waals surface area contributed by atoms with Crippen molar-refractivity contribution in [2.75, 3.05) is 0 Å². The number of hydrogen-bond acceptors (Lipinski definition) is 4. The van der Waals surface area contributed by atoms with Crippen molar-refractivity contribution >= 4 is 0 Å². The predicted octanol–water partition coefficient (Wildman–Crippen LogP) is 0.359. The first-order valence-corrected chi connectivity index (χ1v) is 2.63. The van der Waals surface area contributed by atoms with Crippen molar-refractivity contribution in [3.8, 4) is 11.7 Å². The Hall–Kier alpha value is -1.45. The van der Waals surface area contributed by atoms with Crippen molar-refractivity contribution < 1.29 is 14.6 Å². The predicted molar refractivity (Wildman–Crippen MR) is 33.0 cm³/mol. The molecule has 0 aliphatic rings. The van der Waals surface area contributed by atoms with Gasteiger partial charge in [0.25, 0.3) is 5.95 Å². The molecule has 4 heteroatoms. The quantitative estimate of drug-likeness (QED) is 0.548. The average Bonchev–Trinajstić information content (AvgIpc) is 1.93. The summed E-state index contributed by atoms with van der Waals surface area (Å²) in [7, 11) is 0. The highest BCUT2D eigenvalue weighted by molar-refractivity contribution is 5.27. The van der Waals surface area contributed by atoms with Crippen molar-refractivity contribution in [3.63, 3.8) is 0 Å². The Bertz CT molecular complexity index is 299. The van der Waals surface area contributed by atoms with Crippen molar-refractivity contribution in [2.24, 2.45) is 0 Å². The highest BCUT2D eigenvalue weighted by Gasteiger charge is 2.05. The van der Waals surface area contributed by atoms with Gasteiger partial charge in [0.1, 0.15) is 6.26 Å². The number of rotatable bonds is 0. The van der Waals surface area contributed by atoms with Crippen LogP contribution in [-0.2, 0) is 0 Å². The molecule has 1 aromatic heterocycles. The van der Waals surface area contributed by atoms with E-state index < -0.39 is 17.1 Å². The molecule has 1 rings (SSSR count). The second-order valence-electron chi connectivity index (χ2n) is 1.88. The van der Waals surface area contributed by atoms with Gasteiger partial charge in [0.15, 0.2) is 5.75 Å². The van der Waals surface area contributed by atoms with Gasteiger partial charge in [-0.25, -0.2) is 0 Å². The summed E-state index contributed by atoms with van der Waals surface area (Å²) in [6.45, 7) is 1.36.